The van der Waals surface area contributed by atoms with E-state index in [9.17, 15) is 28.0 Å². The van der Waals surface area contributed by atoms with Crippen molar-refractivity contribution in [2.45, 2.75) is 44.6 Å². The van der Waals surface area contributed by atoms with Crippen LogP contribution in [0.25, 0.3) is 11.1 Å². The van der Waals surface area contributed by atoms with Crippen molar-refractivity contribution in [1.82, 2.24) is 0 Å². The third kappa shape index (κ3) is 4.95. The second kappa shape index (κ2) is 9.94. The first-order valence-corrected chi connectivity index (χ1v) is 12.4. The highest BCUT2D eigenvalue weighted by Crippen LogP contribution is 2.67. The number of rotatable bonds is 10. The highest BCUT2D eigenvalue weighted by atomic mass is 35.5. The van der Waals surface area contributed by atoms with Gasteiger partial charge in [-0.1, -0.05) is 23.7 Å². The smallest absolute Gasteiger partial charge is 0.387 e. The number of pyridine rings is 1. The number of carbonyl (C=O) groups excluding carboxylic acids is 1. The lowest BCUT2D eigenvalue weighted by atomic mass is 9.42. The zero-order chi connectivity index (χ0) is 27.2. The standard InChI is InChI=1S/C28H23ClF3NO5/c29-20-6-8-23(38-27(31)32)24(25(20)30)18-5-7-21(33(37)14-18)19(13-28-10-16(11-28)12-28)22(34)9-15-1-3-17(4-2-15)26(35)36/h1-8,14,16,19,27H,9-13H2,(H,35,36). The van der Waals surface area contributed by atoms with Gasteiger partial charge in [-0.25, -0.2) is 9.18 Å². The quantitative estimate of drug-likeness (QED) is 0.243. The summed E-state index contributed by atoms with van der Waals surface area (Å²) in [7, 11) is 0. The second-order valence-corrected chi connectivity index (χ2v) is 10.6. The largest absolute Gasteiger partial charge is 0.618 e. The summed E-state index contributed by atoms with van der Waals surface area (Å²) in [5, 5.41) is 22.0. The molecule has 3 fully saturated rings. The van der Waals surface area contributed by atoms with Gasteiger partial charge in [-0.3, -0.25) is 4.79 Å². The van der Waals surface area contributed by atoms with Crippen molar-refractivity contribution in [3.8, 4) is 16.9 Å². The van der Waals surface area contributed by atoms with Crippen molar-refractivity contribution in [2.24, 2.45) is 11.3 Å². The summed E-state index contributed by atoms with van der Waals surface area (Å²) in [4.78, 5) is 24.6. The Morgan fingerprint density at radius 2 is 1.79 bits per heavy atom. The van der Waals surface area contributed by atoms with Crippen LogP contribution in [-0.4, -0.2) is 23.5 Å². The molecule has 0 spiro atoms. The van der Waals surface area contributed by atoms with Crippen LogP contribution in [0.3, 0.4) is 0 Å². The topological polar surface area (TPSA) is 90.5 Å². The van der Waals surface area contributed by atoms with Gasteiger partial charge in [0.25, 0.3) is 0 Å². The Bertz CT molecular complexity index is 1400. The van der Waals surface area contributed by atoms with Crippen molar-refractivity contribution in [3.05, 3.63) is 87.6 Å². The average Bonchev–Trinajstić information content (AvgIpc) is 2.81. The summed E-state index contributed by atoms with van der Waals surface area (Å²) < 4.78 is 45.6. The Balaban J connectivity index is 1.47. The molecule has 3 aromatic rings. The molecule has 3 aliphatic carbocycles. The van der Waals surface area contributed by atoms with E-state index in [1.165, 1.54) is 24.3 Å². The third-order valence-electron chi connectivity index (χ3n) is 7.63. The first-order valence-electron chi connectivity index (χ1n) is 12.1. The van der Waals surface area contributed by atoms with Gasteiger partial charge < -0.3 is 15.1 Å². The number of alkyl halides is 2. The Kier molecular flexibility index (Phi) is 6.81. The number of ketones is 1. The molecule has 6 nitrogen and oxygen atoms in total. The molecule has 1 unspecified atom stereocenters. The fourth-order valence-corrected chi connectivity index (χ4v) is 5.88. The third-order valence-corrected chi connectivity index (χ3v) is 7.92. The minimum absolute atomic E-state index is 0.00111. The van der Waals surface area contributed by atoms with Crippen LogP contribution >= 0.6 is 11.6 Å². The number of aromatic nitrogens is 1. The molecule has 1 N–H and O–H groups in total. The van der Waals surface area contributed by atoms with Crippen molar-refractivity contribution in [2.75, 3.05) is 0 Å². The van der Waals surface area contributed by atoms with Crippen molar-refractivity contribution < 1.29 is 37.3 Å². The minimum atomic E-state index is -3.22. The molecule has 10 heteroatoms. The average molecular weight is 546 g/mol. The number of benzene rings is 2. The number of hydrogen-bond donors (Lipinski definition) is 1. The Morgan fingerprint density at radius 1 is 1.11 bits per heavy atom. The second-order valence-electron chi connectivity index (χ2n) is 10.2. The minimum Gasteiger partial charge on any atom is -0.618 e. The highest BCUT2D eigenvalue weighted by molar-refractivity contribution is 6.31. The summed E-state index contributed by atoms with van der Waals surface area (Å²) >= 11 is 5.86. The van der Waals surface area contributed by atoms with Gasteiger partial charge in [-0.2, -0.15) is 13.5 Å². The van der Waals surface area contributed by atoms with Gasteiger partial charge in [0.1, 0.15) is 11.7 Å². The van der Waals surface area contributed by atoms with Crippen LogP contribution in [0.2, 0.25) is 5.02 Å². The lowest BCUT2D eigenvalue weighted by Gasteiger charge is -2.63. The molecule has 1 atom stereocenters. The van der Waals surface area contributed by atoms with Crippen molar-refractivity contribution >= 4 is 23.4 Å². The predicted octanol–water partition coefficient (Wildman–Crippen LogP) is 6.16. The number of Topliss-reactive ketones (excluding diaryl/α,β-unsaturated/α-hetero) is 1. The predicted molar refractivity (Wildman–Crippen MR) is 132 cm³/mol. The normalized spacial score (nSPS) is 20.4. The molecular formula is C28H23ClF3NO5. The number of nitrogens with zero attached hydrogens (tertiary/aromatic N) is 1. The number of ether oxygens (including phenoxy) is 1. The molecule has 38 heavy (non-hydrogen) atoms. The summed E-state index contributed by atoms with van der Waals surface area (Å²) in [5.41, 5.74) is 0.496. The van der Waals surface area contributed by atoms with Crippen molar-refractivity contribution in [1.29, 1.82) is 0 Å². The van der Waals surface area contributed by atoms with Gasteiger partial charge in [-0.05, 0) is 72.9 Å². The fraction of sp³-hybridized carbons (Fsp3) is 0.321. The number of hydrogen-bond acceptors (Lipinski definition) is 4. The maximum atomic E-state index is 14.9. The first kappa shape index (κ1) is 26.0. The number of carboxylic acids is 1. The van der Waals surface area contributed by atoms with Crippen LogP contribution in [0.15, 0.2) is 54.7 Å². The summed E-state index contributed by atoms with van der Waals surface area (Å²) in [5.74, 6) is -2.84. The molecule has 2 aromatic carbocycles. The van der Waals surface area contributed by atoms with Gasteiger partial charge >= 0.3 is 12.6 Å². The van der Waals surface area contributed by atoms with E-state index >= 15 is 0 Å². The van der Waals surface area contributed by atoms with E-state index in [1.807, 2.05) is 0 Å². The molecule has 1 aromatic heterocycles. The molecular weight excluding hydrogens is 523 g/mol. The van der Waals surface area contributed by atoms with Gasteiger partial charge in [0.15, 0.2) is 17.8 Å². The van der Waals surface area contributed by atoms with E-state index < -0.39 is 30.1 Å². The van der Waals surface area contributed by atoms with E-state index in [2.05, 4.69) is 4.74 Å². The van der Waals surface area contributed by atoms with Gasteiger partial charge in [0.2, 0.25) is 5.69 Å². The number of aromatic carboxylic acids is 1. The molecule has 0 radical (unpaired) electrons. The molecule has 0 saturated heterocycles. The van der Waals surface area contributed by atoms with E-state index in [0.29, 0.717) is 22.6 Å². The molecule has 2 bridgehead atoms. The fourth-order valence-electron chi connectivity index (χ4n) is 5.72. The molecule has 3 aliphatic rings. The summed E-state index contributed by atoms with van der Waals surface area (Å²) in [6, 6.07) is 11.0. The zero-order valence-corrected chi connectivity index (χ0v) is 20.8. The lowest BCUT2D eigenvalue weighted by Crippen LogP contribution is -2.53. The molecule has 3 saturated carbocycles. The molecule has 1 heterocycles. The van der Waals surface area contributed by atoms with Gasteiger partial charge in [0, 0.05) is 12.5 Å². The van der Waals surface area contributed by atoms with Gasteiger partial charge in [0.05, 0.1) is 21.7 Å². The van der Waals surface area contributed by atoms with Gasteiger partial charge in [-0.15, -0.1) is 0 Å². The Morgan fingerprint density at radius 3 is 2.34 bits per heavy atom. The SMILES string of the molecule is O=C(O)c1ccc(CC(=O)C(CC23CC(C2)C3)c2ccc(-c3c(OC(F)F)ccc(Cl)c3F)c[n+]2[O-])cc1. The van der Waals surface area contributed by atoms with Crippen LogP contribution < -0.4 is 9.47 Å². The van der Waals surface area contributed by atoms with Crippen LogP contribution in [0.1, 0.15) is 53.2 Å². The summed E-state index contributed by atoms with van der Waals surface area (Å²) in [6.45, 7) is -3.22. The van der Waals surface area contributed by atoms with E-state index in [4.69, 9.17) is 16.7 Å². The van der Waals surface area contributed by atoms with Crippen LogP contribution in [-0.2, 0) is 11.2 Å². The molecule has 0 amide bonds. The Labute approximate surface area is 221 Å². The van der Waals surface area contributed by atoms with E-state index in [-0.39, 0.29) is 45.0 Å². The van der Waals surface area contributed by atoms with Crippen molar-refractivity contribution in [3.63, 3.8) is 0 Å². The van der Waals surface area contributed by atoms with Crippen LogP contribution in [0.5, 0.6) is 5.75 Å². The maximum absolute atomic E-state index is 14.9. The van der Waals surface area contributed by atoms with E-state index in [0.717, 1.165) is 37.6 Å². The molecule has 198 valence electrons. The van der Waals surface area contributed by atoms with Crippen LogP contribution in [0.4, 0.5) is 13.2 Å². The zero-order valence-electron chi connectivity index (χ0n) is 20.0. The highest BCUT2D eigenvalue weighted by Gasteiger charge is 2.57. The lowest BCUT2D eigenvalue weighted by molar-refractivity contribution is -0.614. The number of carbonyl (C=O) groups is 2. The summed E-state index contributed by atoms with van der Waals surface area (Å²) in [6.07, 6.45) is 4.53. The molecule has 6 rings (SSSR count). The molecule has 0 aliphatic heterocycles. The maximum Gasteiger partial charge on any atom is 0.387 e. The number of carboxylic acid groups (broad SMARTS) is 1. The van der Waals surface area contributed by atoms with E-state index in [1.54, 1.807) is 12.1 Å². The van der Waals surface area contributed by atoms with Crippen LogP contribution in [0, 0.1) is 22.4 Å². The monoisotopic (exact) mass is 545 g/mol. The number of halogens is 4. The Hall–Kier alpha value is -3.59. The first-order chi connectivity index (χ1) is 18.0.